The molecule has 0 saturated carbocycles. The number of benzene rings is 2. The first kappa shape index (κ1) is 16.8. The van der Waals surface area contributed by atoms with E-state index in [-0.39, 0.29) is 22.2 Å². The van der Waals surface area contributed by atoms with Crippen molar-refractivity contribution in [3.05, 3.63) is 48.0 Å². The van der Waals surface area contributed by atoms with Crippen LogP contribution in [0.4, 0.5) is 11.4 Å². The highest BCUT2D eigenvalue weighted by Gasteiger charge is 2.14. The predicted molar refractivity (Wildman–Crippen MR) is 89.0 cm³/mol. The van der Waals surface area contributed by atoms with Gasteiger partial charge in [-0.15, -0.1) is 0 Å². The molecule has 3 N–H and O–H groups in total. The highest BCUT2D eigenvalue weighted by molar-refractivity contribution is 7.92. The number of aryl methyl sites for hydroxylation is 1. The van der Waals surface area contributed by atoms with Gasteiger partial charge in [-0.25, -0.2) is 8.42 Å². The van der Waals surface area contributed by atoms with E-state index in [4.69, 9.17) is 0 Å². The molecule has 0 aliphatic rings. The van der Waals surface area contributed by atoms with E-state index in [1.54, 1.807) is 26.0 Å². The number of carbonyl (C=O) groups is 1. The van der Waals surface area contributed by atoms with Crippen LogP contribution < -0.4 is 10.0 Å². The lowest BCUT2D eigenvalue weighted by Gasteiger charge is -2.10. The summed E-state index contributed by atoms with van der Waals surface area (Å²) < 4.78 is 27.0. The normalized spacial score (nSPS) is 11.0. The van der Waals surface area contributed by atoms with Crippen LogP contribution in [0.25, 0.3) is 0 Å². The van der Waals surface area contributed by atoms with Crippen LogP contribution in [0.2, 0.25) is 0 Å². The number of phenolic OH excluding ortho intramolecular Hbond substituents is 1. The molecule has 0 fully saturated rings. The first-order valence-electron chi connectivity index (χ1n) is 7.04. The van der Waals surface area contributed by atoms with Crippen molar-refractivity contribution in [1.82, 2.24) is 0 Å². The Bertz CT molecular complexity index is 814. The average molecular weight is 334 g/mol. The number of hydrogen-bond acceptors (Lipinski definition) is 4. The monoisotopic (exact) mass is 334 g/mol. The van der Waals surface area contributed by atoms with Crippen molar-refractivity contribution in [2.24, 2.45) is 0 Å². The molecule has 2 rings (SSSR count). The number of sulfonamides is 1. The molecule has 7 heteroatoms. The number of amides is 1. The Hall–Kier alpha value is -2.54. The summed E-state index contributed by atoms with van der Waals surface area (Å²) >= 11 is 0. The van der Waals surface area contributed by atoms with Crippen LogP contribution >= 0.6 is 0 Å². The third kappa shape index (κ3) is 4.23. The summed E-state index contributed by atoms with van der Waals surface area (Å²) in [4.78, 5) is 11.4. The zero-order valence-electron chi connectivity index (χ0n) is 12.8. The SMILES string of the molecule is CCC(=O)Nc1ccc(S(=O)(=O)Nc2ccc(C)c(O)c2)cc1. The minimum Gasteiger partial charge on any atom is -0.508 e. The molecule has 6 nitrogen and oxygen atoms in total. The number of phenols is 1. The van der Waals surface area contributed by atoms with Crippen molar-refractivity contribution in [2.75, 3.05) is 10.0 Å². The van der Waals surface area contributed by atoms with Gasteiger partial charge in [0, 0.05) is 18.2 Å². The second-order valence-corrected chi connectivity index (χ2v) is 6.72. The summed E-state index contributed by atoms with van der Waals surface area (Å²) in [5, 5.41) is 12.3. The van der Waals surface area contributed by atoms with E-state index < -0.39 is 10.0 Å². The molecule has 23 heavy (non-hydrogen) atoms. The van der Waals surface area contributed by atoms with Crippen LogP contribution in [-0.4, -0.2) is 19.4 Å². The number of nitrogens with one attached hydrogen (secondary N) is 2. The van der Waals surface area contributed by atoms with Gasteiger partial charge < -0.3 is 10.4 Å². The summed E-state index contributed by atoms with van der Waals surface area (Å²) in [5.41, 5.74) is 1.46. The van der Waals surface area contributed by atoms with Gasteiger partial charge in [0.15, 0.2) is 0 Å². The van der Waals surface area contributed by atoms with Crippen LogP contribution in [0, 0.1) is 6.92 Å². The van der Waals surface area contributed by atoms with Crippen molar-refractivity contribution >= 4 is 27.3 Å². The van der Waals surface area contributed by atoms with Gasteiger partial charge in [0.2, 0.25) is 5.91 Å². The number of anilines is 2. The van der Waals surface area contributed by atoms with Gasteiger partial charge in [-0.2, -0.15) is 0 Å². The Morgan fingerprint density at radius 2 is 1.70 bits per heavy atom. The van der Waals surface area contributed by atoms with Crippen molar-refractivity contribution in [2.45, 2.75) is 25.2 Å². The topological polar surface area (TPSA) is 95.5 Å². The van der Waals surface area contributed by atoms with E-state index in [1.807, 2.05) is 0 Å². The number of hydrogen-bond donors (Lipinski definition) is 3. The number of rotatable bonds is 5. The molecular weight excluding hydrogens is 316 g/mol. The fourth-order valence-corrected chi connectivity index (χ4v) is 2.90. The van der Waals surface area contributed by atoms with Gasteiger partial charge in [0.05, 0.1) is 10.6 Å². The summed E-state index contributed by atoms with van der Waals surface area (Å²) in [6.07, 6.45) is 0.346. The van der Waals surface area contributed by atoms with Crippen LogP contribution in [-0.2, 0) is 14.8 Å². The Balaban J connectivity index is 2.18. The third-order valence-electron chi connectivity index (χ3n) is 3.23. The maximum absolute atomic E-state index is 12.3. The maximum atomic E-state index is 12.3. The molecule has 2 aromatic carbocycles. The molecule has 0 aromatic heterocycles. The molecule has 0 saturated heterocycles. The van der Waals surface area contributed by atoms with Gasteiger partial charge in [-0.3, -0.25) is 9.52 Å². The van der Waals surface area contributed by atoms with E-state index in [1.165, 1.54) is 30.3 Å². The summed E-state index contributed by atoms with van der Waals surface area (Å²) in [6, 6.07) is 10.4. The average Bonchev–Trinajstić information content (AvgIpc) is 2.51. The van der Waals surface area contributed by atoms with E-state index in [0.29, 0.717) is 17.7 Å². The Labute approximate surface area is 135 Å². The van der Waals surface area contributed by atoms with Gasteiger partial charge in [0.1, 0.15) is 5.75 Å². The van der Waals surface area contributed by atoms with E-state index in [0.717, 1.165) is 0 Å². The largest absolute Gasteiger partial charge is 0.508 e. The van der Waals surface area contributed by atoms with Crippen LogP contribution in [0.1, 0.15) is 18.9 Å². The first-order valence-corrected chi connectivity index (χ1v) is 8.52. The van der Waals surface area contributed by atoms with Gasteiger partial charge in [0.25, 0.3) is 10.0 Å². The zero-order chi connectivity index (χ0) is 17.0. The lowest BCUT2D eigenvalue weighted by Crippen LogP contribution is -2.13. The molecule has 122 valence electrons. The molecular formula is C16H18N2O4S. The lowest BCUT2D eigenvalue weighted by molar-refractivity contribution is -0.115. The quantitative estimate of drug-likeness (QED) is 0.783. The molecule has 0 atom stereocenters. The molecule has 0 radical (unpaired) electrons. The molecule has 1 amide bonds. The van der Waals surface area contributed by atoms with Crippen molar-refractivity contribution in [3.63, 3.8) is 0 Å². The molecule has 0 bridgehead atoms. The van der Waals surface area contributed by atoms with Crippen LogP contribution in [0.3, 0.4) is 0 Å². The lowest BCUT2D eigenvalue weighted by atomic mass is 10.2. The standard InChI is InChI=1S/C16H18N2O4S/c1-3-16(20)17-12-6-8-14(9-7-12)23(21,22)18-13-5-4-11(2)15(19)10-13/h4-10,18-19H,3H2,1-2H3,(H,17,20). The minimum absolute atomic E-state index is 0.0165. The smallest absolute Gasteiger partial charge is 0.261 e. The van der Waals surface area contributed by atoms with E-state index >= 15 is 0 Å². The Kier molecular flexibility index (Phi) is 4.90. The fraction of sp³-hybridized carbons (Fsp3) is 0.188. The molecule has 2 aromatic rings. The summed E-state index contributed by atoms with van der Waals surface area (Å²) in [7, 11) is -3.77. The molecule has 0 aliphatic heterocycles. The van der Waals surface area contributed by atoms with Crippen LogP contribution in [0.5, 0.6) is 5.75 Å². The maximum Gasteiger partial charge on any atom is 0.261 e. The first-order chi connectivity index (χ1) is 10.8. The molecule has 0 spiro atoms. The summed E-state index contributed by atoms with van der Waals surface area (Å²) in [6.45, 7) is 3.45. The van der Waals surface area contributed by atoms with E-state index in [9.17, 15) is 18.3 Å². The van der Waals surface area contributed by atoms with Crippen LogP contribution in [0.15, 0.2) is 47.4 Å². The van der Waals surface area contributed by atoms with Gasteiger partial charge in [-0.1, -0.05) is 13.0 Å². The number of carbonyl (C=O) groups excluding carboxylic acids is 1. The second-order valence-electron chi connectivity index (χ2n) is 5.03. The minimum atomic E-state index is -3.77. The Morgan fingerprint density at radius 1 is 1.09 bits per heavy atom. The molecule has 0 unspecified atom stereocenters. The molecule has 0 aliphatic carbocycles. The fourth-order valence-electron chi connectivity index (χ4n) is 1.85. The van der Waals surface area contributed by atoms with Crippen molar-refractivity contribution < 1.29 is 18.3 Å². The zero-order valence-corrected chi connectivity index (χ0v) is 13.6. The van der Waals surface area contributed by atoms with Gasteiger partial charge >= 0.3 is 0 Å². The number of aromatic hydroxyl groups is 1. The Morgan fingerprint density at radius 3 is 2.26 bits per heavy atom. The third-order valence-corrected chi connectivity index (χ3v) is 4.63. The van der Waals surface area contributed by atoms with Crippen molar-refractivity contribution in [3.8, 4) is 5.75 Å². The predicted octanol–water partition coefficient (Wildman–Crippen LogP) is 2.85. The molecule has 0 heterocycles. The van der Waals surface area contributed by atoms with Crippen molar-refractivity contribution in [1.29, 1.82) is 0 Å². The van der Waals surface area contributed by atoms with E-state index in [2.05, 4.69) is 10.0 Å². The highest BCUT2D eigenvalue weighted by Crippen LogP contribution is 2.23. The second kappa shape index (κ2) is 6.70. The van der Waals surface area contributed by atoms with Gasteiger partial charge in [-0.05, 0) is 42.8 Å². The summed E-state index contributed by atoms with van der Waals surface area (Å²) in [5.74, 6) is -0.128. The highest BCUT2D eigenvalue weighted by atomic mass is 32.2.